The van der Waals surface area contributed by atoms with Crippen LogP contribution in [0.25, 0.3) is 0 Å². The van der Waals surface area contributed by atoms with E-state index < -0.39 is 41.4 Å². The van der Waals surface area contributed by atoms with Gasteiger partial charge < -0.3 is 0 Å². The Hall–Kier alpha value is -0.420. The monoisotopic (exact) mass is 298 g/mol. The van der Waals surface area contributed by atoms with E-state index in [1.165, 1.54) is 0 Å². The lowest BCUT2D eigenvalue weighted by molar-refractivity contribution is -0.331. The molecular weight excluding hydrogens is 282 g/mol. The molecule has 0 amide bonds. The fourth-order valence-electron chi connectivity index (χ4n) is 6.27. The summed E-state index contributed by atoms with van der Waals surface area (Å²) in [7, 11) is 0. The Balaban J connectivity index is 1.80. The van der Waals surface area contributed by atoms with Gasteiger partial charge >= 0.3 is 6.18 Å². The molecule has 4 aliphatic rings. The van der Waals surface area contributed by atoms with E-state index in [2.05, 4.69) is 0 Å². The maximum atomic E-state index is 14.5. The minimum atomic E-state index is -5.48. The van der Waals surface area contributed by atoms with Gasteiger partial charge in [0, 0.05) is 11.8 Å². The van der Waals surface area contributed by atoms with Crippen LogP contribution in [0.15, 0.2) is 0 Å². The molecule has 0 aromatic heterocycles. The quantitative estimate of drug-likeness (QED) is 0.458. The Morgan fingerprint density at radius 3 is 2.15 bits per heavy atom. The molecule has 20 heavy (non-hydrogen) atoms. The van der Waals surface area contributed by atoms with Gasteiger partial charge in [-0.3, -0.25) is 0 Å². The predicted molar refractivity (Wildman–Crippen MR) is 58.8 cm³/mol. The van der Waals surface area contributed by atoms with Crippen LogP contribution < -0.4 is 0 Å². The Kier molecular flexibility index (Phi) is 2.20. The predicted octanol–water partition coefficient (Wildman–Crippen LogP) is 4.45. The topological polar surface area (TPSA) is 0 Å². The van der Waals surface area contributed by atoms with Crippen molar-refractivity contribution in [1.82, 2.24) is 0 Å². The van der Waals surface area contributed by atoms with Crippen molar-refractivity contribution in [2.24, 2.45) is 41.4 Å². The minimum Gasteiger partial charge on any atom is -0.227 e. The fraction of sp³-hybridized carbons (Fsp3) is 1.00. The molecule has 0 spiro atoms. The van der Waals surface area contributed by atoms with Crippen LogP contribution in [0.5, 0.6) is 0 Å². The molecular formula is C14H16F6. The van der Waals surface area contributed by atoms with E-state index in [0.29, 0.717) is 6.42 Å². The number of rotatable bonds is 0. The number of hydrogen-bond donors (Lipinski definition) is 0. The van der Waals surface area contributed by atoms with Crippen molar-refractivity contribution in [1.29, 1.82) is 0 Å². The average molecular weight is 298 g/mol. The fourth-order valence-corrected chi connectivity index (χ4v) is 6.27. The SMILES string of the molecule is CC1CC2CC1C1C2C2CC1C(F)(F)C2(F)C(F)(F)F. The van der Waals surface area contributed by atoms with E-state index in [4.69, 9.17) is 0 Å². The zero-order chi connectivity index (χ0) is 14.7. The van der Waals surface area contributed by atoms with E-state index in [1.54, 1.807) is 0 Å². The van der Waals surface area contributed by atoms with Crippen LogP contribution in [-0.4, -0.2) is 17.8 Å². The highest BCUT2D eigenvalue weighted by atomic mass is 19.4. The maximum absolute atomic E-state index is 14.5. The van der Waals surface area contributed by atoms with Crippen LogP contribution in [0.4, 0.5) is 26.3 Å². The Morgan fingerprint density at radius 1 is 0.900 bits per heavy atom. The lowest BCUT2D eigenvalue weighted by Gasteiger charge is -2.47. The zero-order valence-electron chi connectivity index (χ0n) is 10.9. The van der Waals surface area contributed by atoms with Crippen molar-refractivity contribution in [3.05, 3.63) is 0 Å². The first-order valence-corrected chi connectivity index (χ1v) is 7.24. The van der Waals surface area contributed by atoms with E-state index >= 15 is 0 Å². The summed E-state index contributed by atoms with van der Waals surface area (Å²) in [5.74, 6) is -7.70. The van der Waals surface area contributed by atoms with Crippen molar-refractivity contribution >= 4 is 0 Å². The summed E-state index contributed by atoms with van der Waals surface area (Å²) in [6, 6.07) is 0. The van der Waals surface area contributed by atoms with Crippen molar-refractivity contribution < 1.29 is 26.3 Å². The van der Waals surface area contributed by atoms with Gasteiger partial charge in [-0.2, -0.15) is 13.2 Å². The van der Waals surface area contributed by atoms with E-state index in [-0.39, 0.29) is 24.2 Å². The number of halogens is 6. The highest BCUT2D eigenvalue weighted by molar-refractivity contribution is 5.25. The average Bonchev–Trinajstić information content (AvgIpc) is 2.96. The summed E-state index contributed by atoms with van der Waals surface area (Å²) in [6.07, 6.45) is -4.28. The van der Waals surface area contributed by atoms with Crippen molar-refractivity contribution in [3.8, 4) is 0 Å². The van der Waals surface area contributed by atoms with Gasteiger partial charge in [-0.1, -0.05) is 6.92 Å². The molecule has 8 atom stereocenters. The van der Waals surface area contributed by atoms with E-state index in [1.807, 2.05) is 6.92 Å². The van der Waals surface area contributed by atoms with E-state index in [0.717, 1.165) is 6.42 Å². The van der Waals surface area contributed by atoms with Gasteiger partial charge in [-0.15, -0.1) is 0 Å². The van der Waals surface area contributed by atoms with Crippen LogP contribution in [0.1, 0.15) is 26.2 Å². The van der Waals surface area contributed by atoms with Crippen molar-refractivity contribution in [2.45, 2.75) is 44.0 Å². The second-order valence-electron chi connectivity index (χ2n) is 7.31. The second kappa shape index (κ2) is 3.32. The third-order valence-corrected chi connectivity index (χ3v) is 6.77. The summed E-state index contributed by atoms with van der Waals surface area (Å²) in [5, 5.41) is 0. The summed E-state index contributed by atoms with van der Waals surface area (Å²) in [5.41, 5.74) is -4.31. The molecule has 0 nitrogen and oxygen atoms in total. The first kappa shape index (κ1) is 13.3. The normalized spacial score (nSPS) is 59.2. The van der Waals surface area contributed by atoms with Crippen LogP contribution in [0, 0.1) is 41.4 Å². The largest absolute Gasteiger partial charge is 0.428 e. The lowest BCUT2D eigenvalue weighted by Crippen LogP contribution is -2.63. The molecule has 4 saturated carbocycles. The van der Waals surface area contributed by atoms with Gasteiger partial charge in [-0.25, -0.2) is 13.2 Å². The molecule has 0 saturated heterocycles. The maximum Gasteiger partial charge on any atom is 0.428 e. The number of alkyl halides is 6. The third-order valence-electron chi connectivity index (χ3n) is 6.77. The first-order chi connectivity index (χ1) is 9.10. The van der Waals surface area contributed by atoms with Crippen molar-refractivity contribution in [2.75, 3.05) is 0 Å². The number of fused-ring (bicyclic) bond motifs is 9. The molecule has 114 valence electrons. The van der Waals surface area contributed by atoms with Gasteiger partial charge in [0.25, 0.3) is 11.6 Å². The molecule has 0 radical (unpaired) electrons. The van der Waals surface area contributed by atoms with Gasteiger partial charge in [-0.05, 0) is 48.9 Å². The Bertz CT molecular complexity index is 457. The zero-order valence-corrected chi connectivity index (χ0v) is 10.9. The molecule has 0 heterocycles. The molecule has 4 aliphatic carbocycles. The van der Waals surface area contributed by atoms with Crippen LogP contribution >= 0.6 is 0 Å². The molecule has 0 aliphatic heterocycles. The summed E-state index contributed by atoms with van der Waals surface area (Å²) >= 11 is 0. The molecule has 0 N–H and O–H groups in total. The molecule has 0 aromatic rings. The standard InChI is InChI=1S/C14H16F6/c1-5-2-6-3-7(5)11-9-4-8(10(6)11)12(15,13(9,16)17)14(18,19)20/h5-11H,2-4H2,1H3. The van der Waals surface area contributed by atoms with Gasteiger partial charge in [0.05, 0.1) is 0 Å². The Labute approximate surface area is 112 Å². The summed E-state index contributed by atoms with van der Waals surface area (Å²) < 4.78 is 81.9. The summed E-state index contributed by atoms with van der Waals surface area (Å²) in [4.78, 5) is 0. The molecule has 4 fully saturated rings. The molecule has 4 rings (SSSR count). The molecule has 6 heteroatoms. The van der Waals surface area contributed by atoms with Crippen LogP contribution in [0.2, 0.25) is 0 Å². The second-order valence-corrected chi connectivity index (χ2v) is 7.31. The highest BCUT2D eigenvalue weighted by Gasteiger charge is 2.87. The van der Waals surface area contributed by atoms with Crippen LogP contribution in [-0.2, 0) is 0 Å². The first-order valence-electron chi connectivity index (χ1n) is 7.24. The molecule has 8 unspecified atom stereocenters. The van der Waals surface area contributed by atoms with Gasteiger partial charge in [0.15, 0.2) is 0 Å². The lowest BCUT2D eigenvalue weighted by atomic mass is 9.62. The van der Waals surface area contributed by atoms with Crippen LogP contribution in [0.3, 0.4) is 0 Å². The third kappa shape index (κ3) is 1.12. The van der Waals surface area contributed by atoms with Gasteiger partial charge in [0.2, 0.25) is 0 Å². The Morgan fingerprint density at radius 2 is 1.55 bits per heavy atom. The molecule has 0 aromatic carbocycles. The van der Waals surface area contributed by atoms with Gasteiger partial charge in [0.1, 0.15) is 0 Å². The minimum absolute atomic E-state index is 0.0172. The van der Waals surface area contributed by atoms with E-state index in [9.17, 15) is 26.3 Å². The smallest absolute Gasteiger partial charge is 0.227 e. The van der Waals surface area contributed by atoms with Crippen molar-refractivity contribution in [3.63, 3.8) is 0 Å². The summed E-state index contributed by atoms with van der Waals surface area (Å²) in [6.45, 7) is 1.98. The highest BCUT2D eigenvalue weighted by Crippen LogP contribution is 2.77. The number of hydrogen-bond acceptors (Lipinski definition) is 0. The molecule has 4 bridgehead atoms.